The van der Waals surface area contributed by atoms with Crippen LogP contribution in [0.1, 0.15) is 27.7 Å². The Hall–Kier alpha value is -1.95. The zero-order valence-corrected chi connectivity index (χ0v) is 19.8. The molecule has 0 aliphatic carbocycles. The van der Waals surface area contributed by atoms with Gasteiger partial charge in [0.05, 0.1) is 22.9 Å². The van der Waals surface area contributed by atoms with Gasteiger partial charge in [-0.1, -0.05) is 31.7 Å². The molecule has 0 unspecified atom stereocenters. The van der Waals surface area contributed by atoms with Gasteiger partial charge in [-0.3, -0.25) is 4.79 Å². The number of sulfonamides is 1. The van der Waals surface area contributed by atoms with E-state index in [1.807, 2.05) is 13.8 Å². The lowest BCUT2D eigenvalue weighted by atomic mass is 10.2. The van der Waals surface area contributed by atoms with Gasteiger partial charge >= 0.3 is 0 Å². The summed E-state index contributed by atoms with van der Waals surface area (Å²) in [7, 11) is -3.59. The number of morpholine rings is 1. The van der Waals surface area contributed by atoms with Gasteiger partial charge in [-0.2, -0.15) is 4.31 Å². The van der Waals surface area contributed by atoms with Crippen LogP contribution < -0.4 is 0 Å². The molecule has 1 aromatic heterocycles. The Morgan fingerprint density at radius 3 is 2.52 bits per heavy atom. The molecule has 3 rings (SSSR count). The third kappa shape index (κ3) is 5.65. The highest BCUT2D eigenvalue weighted by Gasteiger charge is 2.26. The Balaban J connectivity index is 1.68. The molecule has 2 aromatic rings. The van der Waals surface area contributed by atoms with Crippen LogP contribution in [0.4, 0.5) is 0 Å². The monoisotopic (exact) mass is 468 g/mol. The van der Waals surface area contributed by atoms with Gasteiger partial charge in [0, 0.05) is 31.7 Å². The van der Waals surface area contributed by atoms with E-state index >= 15 is 0 Å². The van der Waals surface area contributed by atoms with Gasteiger partial charge in [-0.05, 0) is 32.0 Å². The number of nitrogens with zero attached hydrogens (tertiary/aromatic N) is 4. The molecule has 1 aliphatic heterocycles. The summed E-state index contributed by atoms with van der Waals surface area (Å²) in [6.45, 7) is 9.39. The molecular weight excluding hydrogens is 440 g/mol. The van der Waals surface area contributed by atoms with E-state index in [1.54, 1.807) is 36.9 Å². The van der Waals surface area contributed by atoms with Crippen LogP contribution in [0.5, 0.6) is 0 Å². The average Bonchev–Trinajstić information content (AvgIpc) is 3.21. The van der Waals surface area contributed by atoms with Crippen LogP contribution >= 0.6 is 11.8 Å². The van der Waals surface area contributed by atoms with Crippen molar-refractivity contribution in [1.29, 1.82) is 0 Å². The Bertz CT molecular complexity index is 997. The van der Waals surface area contributed by atoms with E-state index in [0.717, 1.165) is 11.8 Å². The topological polar surface area (TPSA) is 106 Å². The van der Waals surface area contributed by atoms with Crippen LogP contribution in [0.25, 0.3) is 11.5 Å². The Morgan fingerprint density at radius 2 is 1.87 bits per heavy atom. The zero-order valence-electron chi connectivity index (χ0n) is 18.1. The quantitative estimate of drug-likeness (QED) is 0.544. The van der Waals surface area contributed by atoms with Crippen molar-refractivity contribution in [3.8, 4) is 11.5 Å². The molecule has 0 bridgehead atoms. The minimum atomic E-state index is -3.59. The van der Waals surface area contributed by atoms with Gasteiger partial charge in [0.15, 0.2) is 0 Å². The van der Waals surface area contributed by atoms with E-state index in [-0.39, 0.29) is 39.9 Å². The number of hydrogen-bond acceptors (Lipinski definition) is 8. The van der Waals surface area contributed by atoms with Gasteiger partial charge < -0.3 is 14.1 Å². The number of benzene rings is 1. The van der Waals surface area contributed by atoms with Crippen molar-refractivity contribution >= 4 is 27.7 Å². The first kappa shape index (κ1) is 23.7. The number of aromatic nitrogens is 2. The highest BCUT2D eigenvalue weighted by atomic mass is 32.2. The maximum Gasteiger partial charge on any atom is 0.277 e. The molecule has 0 saturated carbocycles. The largest absolute Gasteiger partial charge is 0.411 e. The molecule has 1 aliphatic rings. The first-order valence-electron chi connectivity index (χ1n) is 10.2. The summed E-state index contributed by atoms with van der Waals surface area (Å²) < 4.78 is 38.2. The van der Waals surface area contributed by atoms with Crippen molar-refractivity contribution < 1.29 is 22.4 Å². The highest BCUT2D eigenvalue weighted by molar-refractivity contribution is 7.99. The Kier molecular flexibility index (Phi) is 7.73. The molecule has 1 fully saturated rings. The lowest BCUT2D eigenvalue weighted by Gasteiger charge is -2.35. The number of rotatable bonds is 8. The lowest BCUT2D eigenvalue weighted by molar-refractivity contribution is -0.140. The summed E-state index contributed by atoms with van der Waals surface area (Å²) in [5.41, 5.74) is 0.509. The van der Waals surface area contributed by atoms with Crippen molar-refractivity contribution in [2.75, 3.05) is 31.9 Å². The van der Waals surface area contributed by atoms with E-state index < -0.39 is 10.0 Å². The van der Waals surface area contributed by atoms with E-state index in [1.165, 1.54) is 10.4 Å². The van der Waals surface area contributed by atoms with Crippen molar-refractivity contribution in [3.05, 3.63) is 24.3 Å². The maximum atomic E-state index is 12.8. The smallest absolute Gasteiger partial charge is 0.277 e. The standard InChI is InChI=1S/C20H28N4O5S2/c1-5-24(6-2)31(26,27)17-9-7-8-16(10-17)19-21-22-20(29-19)30-13-18(25)23-11-14(3)28-15(4)12-23/h7-10,14-15H,5-6,11-13H2,1-4H3/t14-,15-/m0/s1. The fraction of sp³-hybridized carbons (Fsp3) is 0.550. The van der Waals surface area contributed by atoms with Gasteiger partial charge in [-0.25, -0.2) is 8.42 Å². The molecule has 31 heavy (non-hydrogen) atoms. The van der Waals surface area contributed by atoms with Crippen LogP contribution in [0.3, 0.4) is 0 Å². The van der Waals surface area contributed by atoms with E-state index in [2.05, 4.69) is 10.2 Å². The van der Waals surface area contributed by atoms with Crippen molar-refractivity contribution in [2.45, 2.75) is 50.0 Å². The predicted molar refractivity (Wildman–Crippen MR) is 117 cm³/mol. The van der Waals surface area contributed by atoms with Crippen molar-refractivity contribution in [2.24, 2.45) is 0 Å². The molecule has 1 amide bonds. The van der Waals surface area contributed by atoms with E-state index in [0.29, 0.717) is 31.7 Å². The SMILES string of the molecule is CCN(CC)S(=O)(=O)c1cccc(-c2nnc(SCC(=O)N3C[C@H](C)O[C@@H](C)C3)o2)c1. The molecule has 11 heteroatoms. The zero-order chi connectivity index (χ0) is 22.6. The summed E-state index contributed by atoms with van der Waals surface area (Å²) in [6.07, 6.45) is 0.0141. The van der Waals surface area contributed by atoms with Crippen LogP contribution in [0.2, 0.25) is 0 Å². The maximum absolute atomic E-state index is 12.8. The molecule has 170 valence electrons. The second kappa shape index (κ2) is 10.1. The fourth-order valence-electron chi connectivity index (χ4n) is 3.48. The van der Waals surface area contributed by atoms with Crippen molar-refractivity contribution in [3.63, 3.8) is 0 Å². The minimum absolute atomic E-state index is 0.00704. The second-order valence-corrected chi connectivity index (χ2v) is 10.2. The third-order valence-corrected chi connectivity index (χ3v) is 7.77. The molecule has 1 aromatic carbocycles. The van der Waals surface area contributed by atoms with Gasteiger partial charge in [0.1, 0.15) is 0 Å². The molecule has 0 N–H and O–H groups in total. The summed E-state index contributed by atoms with van der Waals surface area (Å²) in [5.74, 6) is 0.372. The number of carbonyl (C=O) groups excluding carboxylic acids is 1. The molecular formula is C20H28N4O5S2. The minimum Gasteiger partial charge on any atom is -0.411 e. The van der Waals surface area contributed by atoms with Gasteiger partial charge in [0.2, 0.25) is 21.8 Å². The third-order valence-electron chi connectivity index (χ3n) is 4.92. The summed E-state index contributed by atoms with van der Waals surface area (Å²) in [4.78, 5) is 14.5. The molecule has 9 nitrogen and oxygen atoms in total. The Morgan fingerprint density at radius 1 is 1.19 bits per heavy atom. The normalized spacial score (nSPS) is 19.7. The lowest BCUT2D eigenvalue weighted by Crippen LogP contribution is -2.48. The molecule has 1 saturated heterocycles. The molecule has 2 heterocycles. The van der Waals surface area contributed by atoms with E-state index in [9.17, 15) is 13.2 Å². The van der Waals surface area contributed by atoms with Crippen LogP contribution in [-0.4, -0.2) is 77.9 Å². The van der Waals surface area contributed by atoms with Gasteiger partial charge in [-0.15, -0.1) is 10.2 Å². The number of thioether (sulfide) groups is 1. The summed E-state index contributed by atoms with van der Waals surface area (Å²) in [5, 5.41) is 8.27. The summed E-state index contributed by atoms with van der Waals surface area (Å²) in [6, 6.07) is 6.43. The molecule has 0 radical (unpaired) electrons. The summed E-state index contributed by atoms with van der Waals surface area (Å²) >= 11 is 1.16. The van der Waals surface area contributed by atoms with Crippen molar-refractivity contribution in [1.82, 2.24) is 19.4 Å². The number of carbonyl (C=O) groups is 1. The second-order valence-electron chi connectivity index (χ2n) is 7.33. The van der Waals surface area contributed by atoms with E-state index in [4.69, 9.17) is 9.15 Å². The first-order valence-corrected chi connectivity index (χ1v) is 12.7. The fourth-order valence-corrected chi connectivity index (χ4v) is 5.65. The average molecular weight is 469 g/mol. The van der Waals surface area contributed by atoms with Gasteiger partial charge in [0.25, 0.3) is 5.22 Å². The highest BCUT2D eigenvalue weighted by Crippen LogP contribution is 2.26. The Labute approximate surface area is 187 Å². The van der Waals surface area contributed by atoms with Crippen LogP contribution in [0, 0.1) is 0 Å². The van der Waals surface area contributed by atoms with Crippen LogP contribution in [0.15, 0.2) is 38.8 Å². The molecule has 0 spiro atoms. The molecule has 2 atom stereocenters. The number of ether oxygens (including phenoxy) is 1. The van der Waals surface area contributed by atoms with Crippen LogP contribution in [-0.2, 0) is 19.6 Å². The first-order chi connectivity index (χ1) is 14.7. The number of hydrogen-bond donors (Lipinski definition) is 0. The number of amides is 1. The predicted octanol–water partition coefficient (Wildman–Crippen LogP) is 2.50.